The van der Waals surface area contributed by atoms with E-state index in [0.29, 0.717) is 31.1 Å². The lowest BCUT2D eigenvalue weighted by atomic mass is 10.1. The van der Waals surface area contributed by atoms with Crippen LogP contribution in [-0.4, -0.2) is 41.7 Å². The van der Waals surface area contributed by atoms with Crippen LogP contribution < -0.4 is 0 Å². The molecule has 2 atom stereocenters. The number of carboxylic acid groups (broad SMARTS) is 1. The zero-order chi connectivity index (χ0) is 13.8. The minimum atomic E-state index is -0.776. The number of benzene rings is 1. The molecule has 1 saturated heterocycles. The molecule has 1 aromatic carbocycles. The maximum Gasteiger partial charge on any atom is 0.320 e. The van der Waals surface area contributed by atoms with Crippen molar-refractivity contribution in [2.75, 3.05) is 19.7 Å². The van der Waals surface area contributed by atoms with Crippen LogP contribution in [0.2, 0.25) is 5.02 Å². The minimum Gasteiger partial charge on any atom is -0.480 e. The number of morpholine rings is 1. The van der Waals surface area contributed by atoms with E-state index < -0.39 is 12.0 Å². The molecule has 0 spiro atoms. The van der Waals surface area contributed by atoms with Crippen molar-refractivity contribution >= 4 is 17.6 Å². The van der Waals surface area contributed by atoms with Crippen molar-refractivity contribution in [2.45, 2.75) is 25.5 Å². The summed E-state index contributed by atoms with van der Waals surface area (Å²) in [6, 6.07) is 7.09. The van der Waals surface area contributed by atoms with E-state index in [0.717, 1.165) is 5.56 Å². The van der Waals surface area contributed by atoms with Crippen molar-refractivity contribution < 1.29 is 14.6 Å². The molecule has 5 heteroatoms. The van der Waals surface area contributed by atoms with Gasteiger partial charge < -0.3 is 9.84 Å². The normalized spacial score (nSPS) is 22.1. The smallest absolute Gasteiger partial charge is 0.320 e. The molecule has 0 amide bonds. The van der Waals surface area contributed by atoms with Crippen LogP contribution in [0.25, 0.3) is 0 Å². The number of rotatable bonds is 4. The van der Waals surface area contributed by atoms with Gasteiger partial charge in [0.15, 0.2) is 0 Å². The van der Waals surface area contributed by atoms with Gasteiger partial charge in [-0.2, -0.15) is 0 Å². The Hall–Kier alpha value is -1.10. The lowest BCUT2D eigenvalue weighted by molar-refractivity contribution is -0.147. The summed E-state index contributed by atoms with van der Waals surface area (Å²) in [5.41, 5.74) is 0.925. The van der Waals surface area contributed by atoms with Crippen LogP contribution in [0.15, 0.2) is 24.3 Å². The van der Waals surface area contributed by atoms with E-state index in [4.69, 9.17) is 16.3 Å². The number of nitrogens with zero attached hydrogens (tertiary/aromatic N) is 1. The van der Waals surface area contributed by atoms with Crippen molar-refractivity contribution in [1.82, 2.24) is 4.90 Å². The number of ether oxygens (including phenoxy) is 1. The number of halogens is 1. The highest BCUT2D eigenvalue weighted by atomic mass is 35.5. The third-order valence-electron chi connectivity index (χ3n) is 3.46. The Bertz CT molecular complexity index is 452. The van der Waals surface area contributed by atoms with E-state index in [2.05, 4.69) is 0 Å². The number of hydrogen-bond acceptors (Lipinski definition) is 3. The van der Waals surface area contributed by atoms with Crippen LogP contribution >= 0.6 is 11.6 Å². The monoisotopic (exact) mass is 283 g/mol. The zero-order valence-corrected chi connectivity index (χ0v) is 11.6. The number of hydrogen-bond donors (Lipinski definition) is 1. The van der Waals surface area contributed by atoms with Gasteiger partial charge >= 0.3 is 5.97 Å². The molecular weight excluding hydrogens is 266 g/mol. The lowest BCUT2D eigenvalue weighted by Gasteiger charge is -2.36. The fourth-order valence-electron chi connectivity index (χ4n) is 2.47. The highest BCUT2D eigenvalue weighted by molar-refractivity contribution is 6.31. The molecule has 1 aliphatic rings. The maximum absolute atomic E-state index is 11.2. The molecule has 1 fully saturated rings. The van der Waals surface area contributed by atoms with Crippen molar-refractivity contribution in [1.29, 1.82) is 0 Å². The predicted octanol–water partition coefficient (Wildman–Crippen LogP) is 2.58. The standard InChI is InChI=1S/C14H18ClNO3/c1-2-12(14(17)18)16-7-8-19-13(9-16)10-5-3-4-6-11(10)15/h3-6,12-13H,2,7-9H2,1H3,(H,17,18). The van der Waals surface area contributed by atoms with Crippen molar-refractivity contribution in [3.8, 4) is 0 Å². The molecule has 0 bridgehead atoms. The summed E-state index contributed by atoms with van der Waals surface area (Å²) >= 11 is 6.17. The van der Waals surface area contributed by atoms with E-state index in [1.807, 2.05) is 36.1 Å². The van der Waals surface area contributed by atoms with Crippen LogP contribution in [-0.2, 0) is 9.53 Å². The molecule has 1 aliphatic heterocycles. The van der Waals surface area contributed by atoms with Gasteiger partial charge in [0.2, 0.25) is 0 Å². The third kappa shape index (κ3) is 3.26. The molecule has 0 aliphatic carbocycles. The second-order valence-corrected chi connectivity index (χ2v) is 5.05. The molecular formula is C14H18ClNO3. The van der Waals surface area contributed by atoms with Crippen LogP contribution in [0.1, 0.15) is 25.0 Å². The molecule has 19 heavy (non-hydrogen) atoms. The summed E-state index contributed by atoms with van der Waals surface area (Å²) in [6.45, 7) is 3.62. The molecule has 2 unspecified atom stereocenters. The Morgan fingerprint density at radius 3 is 2.95 bits per heavy atom. The van der Waals surface area contributed by atoms with Gasteiger partial charge in [-0.1, -0.05) is 36.7 Å². The first-order valence-electron chi connectivity index (χ1n) is 6.46. The van der Waals surface area contributed by atoms with Gasteiger partial charge in [0.05, 0.1) is 12.7 Å². The second kappa shape index (κ2) is 6.37. The Balaban J connectivity index is 2.13. The summed E-state index contributed by atoms with van der Waals surface area (Å²) < 4.78 is 5.73. The number of aliphatic carboxylic acids is 1. The largest absolute Gasteiger partial charge is 0.480 e. The maximum atomic E-state index is 11.2. The fraction of sp³-hybridized carbons (Fsp3) is 0.500. The quantitative estimate of drug-likeness (QED) is 0.923. The zero-order valence-electron chi connectivity index (χ0n) is 10.9. The Kier molecular flexibility index (Phi) is 4.80. The second-order valence-electron chi connectivity index (χ2n) is 4.64. The average Bonchev–Trinajstić information content (AvgIpc) is 2.40. The van der Waals surface area contributed by atoms with Crippen LogP contribution in [0.3, 0.4) is 0 Å². The lowest BCUT2D eigenvalue weighted by Crippen LogP contribution is -2.48. The van der Waals surface area contributed by atoms with Crippen molar-refractivity contribution in [3.63, 3.8) is 0 Å². The highest BCUT2D eigenvalue weighted by Gasteiger charge is 2.30. The van der Waals surface area contributed by atoms with Gasteiger partial charge in [0.25, 0.3) is 0 Å². The Morgan fingerprint density at radius 2 is 2.32 bits per heavy atom. The molecule has 0 aromatic heterocycles. The van der Waals surface area contributed by atoms with E-state index in [9.17, 15) is 9.90 Å². The Labute approximate surface area is 117 Å². The van der Waals surface area contributed by atoms with E-state index >= 15 is 0 Å². The van der Waals surface area contributed by atoms with Crippen LogP contribution in [0.4, 0.5) is 0 Å². The van der Waals surface area contributed by atoms with Crippen molar-refractivity contribution in [3.05, 3.63) is 34.9 Å². The van der Waals surface area contributed by atoms with Crippen molar-refractivity contribution in [2.24, 2.45) is 0 Å². The average molecular weight is 284 g/mol. The summed E-state index contributed by atoms with van der Waals surface area (Å²) in [7, 11) is 0. The Morgan fingerprint density at radius 1 is 1.58 bits per heavy atom. The third-order valence-corrected chi connectivity index (χ3v) is 3.81. The molecule has 1 heterocycles. The van der Waals surface area contributed by atoms with E-state index in [1.54, 1.807) is 0 Å². The summed E-state index contributed by atoms with van der Waals surface area (Å²) in [5.74, 6) is -0.776. The number of carbonyl (C=O) groups is 1. The molecule has 0 radical (unpaired) electrons. The molecule has 4 nitrogen and oxygen atoms in total. The number of carboxylic acids is 1. The first kappa shape index (κ1) is 14.3. The summed E-state index contributed by atoms with van der Waals surface area (Å²) in [5, 5.41) is 9.89. The molecule has 2 rings (SSSR count). The molecule has 0 saturated carbocycles. The van der Waals surface area contributed by atoms with Gasteiger partial charge in [-0.05, 0) is 12.5 Å². The van der Waals surface area contributed by atoms with Gasteiger partial charge in [0.1, 0.15) is 6.04 Å². The SMILES string of the molecule is CCC(C(=O)O)N1CCOC(c2ccccc2Cl)C1. The van der Waals surface area contributed by atoms with Gasteiger partial charge in [-0.25, -0.2) is 0 Å². The summed E-state index contributed by atoms with van der Waals surface area (Å²) in [6.07, 6.45) is 0.431. The van der Waals surface area contributed by atoms with Gasteiger partial charge in [-0.3, -0.25) is 9.69 Å². The highest BCUT2D eigenvalue weighted by Crippen LogP contribution is 2.29. The summed E-state index contributed by atoms with van der Waals surface area (Å²) in [4.78, 5) is 13.2. The molecule has 104 valence electrons. The first-order valence-corrected chi connectivity index (χ1v) is 6.84. The van der Waals surface area contributed by atoms with Crippen LogP contribution in [0, 0.1) is 0 Å². The van der Waals surface area contributed by atoms with E-state index in [-0.39, 0.29) is 6.10 Å². The molecule has 1 N–H and O–H groups in total. The van der Waals surface area contributed by atoms with Crippen LogP contribution in [0.5, 0.6) is 0 Å². The van der Waals surface area contributed by atoms with Gasteiger partial charge in [0, 0.05) is 23.7 Å². The predicted molar refractivity (Wildman–Crippen MR) is 73.4 cm³/mol. The minimum absolute atomic E-state index is 0.157. The molecule has 1 aromatic rings. The van der Waals surface area contributed by atoms with Gasteiger partial charge in [-0.15, -0.1) is 0 Å². The first-order chi connectivity index (χ1) is 9.13. The fourth-order valence-corrected chi connectivity index (χ4v) is 2.72. The van der Waals surface area contributed by atoms with E-state index in [1.165, 1.54) is 0 Å². The topological polar surface area (TPSA) is 49.8 Å².